The molecular formula is C20H22Cl2N2O. The molecule has 2 aromatic rings. The Morgan fingerprint density at radius 2 is 1.96 bits per heavy atom. The predicted octanol–water partition coefficient (Wildman–Crippen LogP) is 6.00. The maximum absolute atomic E-state index is 13.0. The Bertz CT molecular complexity index is 757. The smallest absolute Gasteiger partial charge is 0.233 e. The van der Waals surface area contributed by atoms with Gasteiger partial charge in [0.2, 0.25) is 5.91 Å². The number of carbonyl (C=O) groups is 1. The van der Waals surface area contributed by atoms with Gasteiger partial charge in [0.25, 0.3) is 0 Å². The lowest BCUT2D eigenvalue weighted by Gasteiger charge is -2.21. The van der Waals surface area contributed by atoms with Crippen LogP contribution in [0.1, 0.15) is 49.1 Å². The Morgan fingerprint density at radius 1 is 1.20 bits per heavy atom. The van der Waals surface area contributed by atoms with Gasteiger partial charge in [0, 0.05) is 6.20 Å². The minimum atomic E-state index is -0.250. The molecule has 0 bridgehead atoms. The van der Waals surface area contributed by atoms with Crippen molar-refractivity contribution in [1.82, 2.24) is 4.98 Å². The monoisotopic (exact) mass is 376 g/mol. The number of nitrogens with zero attached hydrogens (tertiary/aromatic N) is 1. The van der Waals surface area contributed by atoms with E-state index >= 15 is 0 Å². The predicted molar refractivity (Wildman–Crippen MR) is 103 cm³/mol. The molecule has 1 N–H and O–H groups in total. The Balaban J connectivity index is 1.83. The van der Waals surface area contributed by atoms with Crippen molar-refractivity contribution in [3.63, 3.8) is 0 Å². The van der Waals surface area contributed by atoms with E-state index < -0.39 is 0 Å². The van der Waals surface area contributed by atoms with Gasteiger partial charge < -0.3 is 5.32 Å². The van der Waals surface area contributed by atoms with Gasteiger partial charge in [-0.2, -0.15) is 0 Å². The molecule has 1 aromatic heterocycles. The molecule has 1 saturated carbocycles. The van der Waals surface area contributed by atoms with Gasteiger partial charge in [0.05, 0.1) is 16.0 Å². The van der Waals surface area contributed by atoms with Gasteiger partial charge in [-0.3, -0.25) is 4.79 Å². The summed E-state index contributed by atoms with van der Waals surface area (Å²) in [7, 11) is 0. The molecule has 25 heavy (non-hydrogen) atoms. The van der Waals surface area contributed by atoms with E-state index in [-0.39, 0.29) is 11.8 Å². The minimum absolute atomic E-state index is 0.0385. The highest BCUT2D eigenvalue weighted by Gasteiger charge is 2.27. The summed E-state index contributed by atoms with van der Waals surface area (Å²) in [5.41, 5.74) is 1.97. The Hall–Kier alpha value is -1.58. The van der Waals surface area contributed by atoms with Gasteiger partial charge in [0.1, 0.15) is 5.82 Å². The molecule has 3 nitrogen and oxygen atoms in total. The quantitative estimate of drug-likeness (QED) is 0.694. The minimum Gasteiger partial charge on any atom is -0.310 e. The van der Waals surface area contributed by atoms with E-state index in [1.54, 1.807) is 12.3 Å². The van der Waals surface area contributed by atoms with E-state index in [2.05, 4.69) is 10.3 Å². The third-order valence-corrected chi connectivity index (χ3v) is 5.61. The molecule has 5 heteroatoms. The third-order valence-electron chi connectivity index (χ3n) is 4.87. The maximum atomic E-state index is 13.0. The van der Waals surface area contributed by atoms with E-state index in [4.69, 9.17) is 23.2 Å². The lowest BCUT2D eigenvalue weighted by atomic mass is 9.87. The SMILES string of the molecule is Cc1ccnc(NC(=O)C(CC2CCCC2)c2ccc(Cl)c(Cl)c2)c1. The molecule has 0 saturated heterocycles. The summed E-state index contributed by atoms with van der Waals surface area (Å²) in [4.78, 5) is 17.2. The average molecular weight is 377 g/mol. The summed E-state index contributed by atoms with van der Waals surface area (Å²) in [5.74, 6) is 0.876. The molecule has 1 fully saturated rings. The van der Waals surface area contributed by atoms with Crippen molar-refractivity contribution in [1.29, 1.82) is 0 Å². The van der Waals surface area contributed by atoms with E-state index in [1.165, 1.54) is 25.7 Å². The maximum Gasteiger partial charge on any atom is 0.233 e. The number of nitrogens with one attached hydrogen (secondary N) is 1. The molecule has 1 amide bonds. The van der Waals surface area contributed by atoms with Crippen LogP contribution in [0, 0.1) is 12.8 Å². The summed E-state index contributed by atoms with van der Waals surface area (Å²) in [6.07, 6.45) is 7.41. The highest BCUT2D eigenvalue weighted by atomic mass is 35.5. The number of carbonyl (C=O) groups excluding carboxylic acids is 1. The number of amides is 1. The fraction of sp³-hybridized carbons (Fsp3) is 0.400. The zero-order valence-corrected chi connectivity index (χ0v) is 15.8. The number of halogens is 2. The molecule has 1 aliphatic rings. The molecule has 0 spiro atoms. The molecule has 132 valence electrons. The van der Waals surface area contributed by atoms with Gasteiger partial charge in [-0.25, -0.2) is 4.98 Å². The number of rotatable bonds is 5. The fourth-order valence-electron chi connectivity index (χ4n) is 3.52. The first-order valence-electron chi connectivity index (χ1n) is 8.71. The second-order valence-corrected chi connectivity index (χ2v) is 7.63. The molecule has 1 unspecified atom stereocenters. The highest BCUT2D eigenvalue weighted by Crippen LogP contribution is 2.36. The zero-order valence-electron chi connectivity index (χ0n) is 14.3. The zero-order chi connectivity index (χ0) is 17.8. The standard InChI is InChI=1S/C20H22Cl2N2O/c1-13-8-9-23-19(10-13)24-20(25)16(11-14-4-2-3-5-14)15-6-7-17(21)18(22)12-15/h6-10,12,14,16H,2-5,11H2,1H3,(H,23,24,25). The van der Waals surface area contributed by atoms with Gasteiger partial charge in [-0.05, 0) is 54.7 Å². The summed E-state index contributed by atoms with van der Waals surface area (Å²) < 4.78 is 0. The second-order valence-electron chi connectivity index (χ2n) is 6.82. The first kappa shape index (κ1) is 18.2. The van der Waals surface area contributed by atoms with E-state index in [0.29, 0.717) is 21.8 Å². The van der Waals surface area contributed by atoms with Gasteiger partial charge >= 0.3 is 0 Å². The van der Waals surface area contributed by atoms with Crippen LogP contribution in [0.3, 0.4) is 0 Å². The third kappa shape index (κ3) is 4.74. The van der Waals surface area contributed by atoms with Crippen LogP contribution in [0.25, 0.3) is 0 Å². The van der Waals surface area contributed by atoms with Crippen LogP contribution >= 0.6 is 23.2 Å². The average Bonchev–Trinajstić information content (AvgIpc) is 3.08. The molecule has 1 atom stereocenters. The molecule has 1 aliphatic carbocycles. The highest BCUT2D eigenvalue weighted by molar-refractivity contribution is 6.42. The van der Waals surface area contributed by atoms with Crippen molar-refractivity contribution >= 4 is 34.9 Å². The topological polar surface area (TPSA) is 42.0 Å². The number of hydrogen-bond donors (Lipinski definition) is 1. The van der Waals surface area contributed by atoms with E-state index in [0.717, 1.165) is 17.5 Å². The second kappa shape index (κ2) is 8.20. The van der Waals surface area contributed by atoms with Gasteiger partial charge in [0.15, 0.2) is 0 Å². The summed E-state index contributed by atoms with van der Waals surface area (Å²) in [6.45, 7) is 1.98. The molecular weight excluding hydrogens is 355 g/mol. The van der Waals surface area contributed by atoms with Crippen molar-refractivity contribution in [2.45, 2.75) is 44.9 Å². The van der Waals surface area contributed by atoms with E-state index in [1.807, 2.05) is 31.2 Å². The number of pyridine rings is 1. The summed E-state index contributed by atoms with van der Waals surface area (Å²) >= 11 is 12.2. The molecule has 3 rings (SSSR count). The largest absolute Gasteiger partial charge is 0.310 e. The van der Waals surface area contributed by atoms with Crippen molar-refractivity contribution in [2.75, 3.05) is 5.32 Å². The number of aromatic nitrogens is 1. The van der Waals surface area contributed by atoms with Crippen LogP contribution in [0.2, 0.25) is 10.0 Å². The fourth-order valence-corrected chi connectivity index (χ4v) is 3.83. The number of hydrogen-bond acceptors (Lipinski definition) is 2. The lowest BCUT2D eigenvalue weighted by Crippen LogP contribution is -2.23. The lowest BCUT2D eigenvalue weighted by molar-refractivity contribution is -0.118. The molecule has 0 aliphatic heterocycles. The van der Waals surface area contributed by atoms with Gasteiger partial charge in [-0.1, -0.05) is 55.0 Å². The van der Waals surface area contributed by atoms with Crippen molar-refractivity contribution < 1.29 is 4.79 Å². The van der Waals surface area contributed by atoms with Crippen LogP contribution < -0.4 is 5.32 Å². The molecule has 0 radical (unpaired) electrons. The van der Waals surface area contributed by atoms with Crippen LogP contribution in [-0.4, -0.2) is 10.9 Å². The number of aryl methyl sites for hydroxylation is 1. The van der Waals surface area contributed by atoms with Crippen LogP contribution in [0.15, 0.2) is 36.5 Å². The Kier molecular flexibility index (Phi) is 5.98. The van der Waals surface area contributed by atoms with Gasteiger partial charge in [-0.15, -0.1) is 0 Å². The summed E-state index contributed by atoms with van der Waals surface area (Å²) in [6, 6.07) is 9.26. The first-order chi connectivity index (χ1) is 12.0. The van der Waals surface area contributed by atoms with Crippen LogP contribution in [0.5, 0.6) is 0 Å². The Labute approximate surface area is 158 Å². The first-order valence-corrected chi connectivity index (χ1v) is 9.47. The normalized spacial score (nSPS) is 16.0. The van der Waals surface area contributed by atoms with Crippen LogP contribution in [0.4, 0.5) is 5.82 Å². The van der Waals surface area contributed by atoms with E-state index in [9.17, 15) is 4.79 Å². The number of anilines is 1. The van der Waals surface area contributed by atoms with Crippen molar-refractivity contribution in [3.05, 3.63) is 57.7 Å². The molecule has 1 heterocycles. The Morgan fingerprint density at radius 3 is 2.64 bits per heavy atom. The van der Waals surface area contributed by atoms with Crippen molar-refractivity contribution in [3.8, 4) is 0 Å². The number of benzene rings is 1. The summed E-state index contributed by atoms with van der Waals surface area (Å²) in [5, 5.41) is 3.95. The van der Waals surface area contributed by atoms with Crippen LogP contribution in [-0.2, 0) is 4.79 Å². The van der Waals surface area contributed by atoms with Crippen molar-refractivity contribution in [2.24, 2.45) is 5.92 Å². The molecule has 1 aromatic carbocycles.